The highest BCUT2D eigenvalue weighted by Gasteiger charge is 2.13. The summed E-state index contributed by atoms with van der Waals surface area (Å²) in [6.07, 6.45) is 0.690. The Morgan fingerprint density at radius 3 is 2.39 bits per heavy atom. The van der Waals surface area contributed by atoms with Crippen molar-refractivity contribution in [2.24, 2.45) is 0 Å². The fourth-order valence-electron chi connectivity index (χ4n) is 3.55. The lowest BCUT2D eigenvalue weighted by molar-refractivity contribution is 0.301. The van der Waals surface area contributed by atoms with Gasteiger partial charge in [0.05, 0.1) is 24.6 Å². The predicted molar refractivity (Wildman–Crippen MR) is 124 cm³/mol. The Balaban J connectivity index is 1.60. The number of aryl methyl sites for hydroxylation is 2. The van der Waals surface area contributed by atoms with Crippen LogP contribution in [0.5, 0.6) is 11.5 Å². The van der Waals surface area contributed by atoms with Gasteiger partial charge in [0.25, 0.3) is 5.56 Å². The summed E-state index contributed by atoms with van der Waals surface area (Å²) in [5, 5.41) is 0.620. The first kappa shape index (κ1) is 20.7. The van der Waals surface area contributed by atoms with E-state index in [1.54, 1.807) is 11.7 Å². The minimum Gasteiger partial charge on any atom is -0.497 e. The standard InChI is InChI=1S/C26H26N2O3/c1-18-9-12-22(17-19(18)2)31-16-6-15-28-25(20-10-13-21(30-3)14-11-20)27-24-8-5-4-7-23(24)26(28)29/h4-5,7-14,17H,6,15-16H2,1-3H3. The molecule has 0 saturated heterocycles. The molecule has 3 aromatic carbocycles. The molecule has 0 saturated carbocycles. The van der Waals surface area contributed by atoms with Crippen LogP contribution in [-0.4, -0.2) is 23.3 Å². The minimum atomic E-state index is -0.0393. The Morgan fingerprint density at radius 1 is 0.903 bits per heavy atom. The second-order valence-corrected chi connectivity index (χ2v) is 7.59. The number of fused-ring (bicyclic) bond motifs is 1. The van der Waals surface area contributed by atoms with Gasteiger partial charge in [0.1, 0.15) is 17.3 Å². The molecular formula is C26H26N2O3. The molecule has 0 N–H and O–H groups in total. The van der Waals surface area contributed by atoms with Gasteiger partial charge >= 0.3 is 0 Å². The largest absolute Gasteiger partial charge is 0.497 e. The minimum absolute atomic E-state index is 0.0393. The van der Waals surface area contributed by atoms with Gasteiger partial charge in [-0.05, 0) is 79.9 Å². The van der Waals surface area contributed by atoms with Gasteiger partial charge in [0.2, 0.25) is 0 Å². The van der Waals surface area contributed by atoms with Crippen molar-refractivity contribution < 1.29 is 9.47 Å². The summed E-state index contributed by atoms with van der Waals surface area (Å²) in [6.45, 7) is 5.19. The Bertz CT molecular complexity index is 1260. The third-order valence-corrected chi connectivity index (χ3v) is 5.48. The molecule has 0 aliphatic carbocycles. The van der Waals surface area contributed by atoms with Crippen LogP contribution in [0.25, 0.3) is 22.3 Å². The van der Waals surface area contributed by atoms with Crippen LogP contribution in [0, 0.1) is 13.8 Å². The number of ether oxygens (including phenoxy) is 2. The second kappa shape index (κ2) is 9.04. The third kappa shape index (κ3) is 4.45. The molecule has 4 rings (SSSR count). The second-order valence-electron chi connectivity index (χ2n) is 7.59. The highest BCUT2D eigenvalue weighted by Crippen LogP contribution is 2.22. The van der Waals surface area contributed by atoms with Crippen molar-refractivity contribution in [2.45, 2.75) is 26.8 Å². The molecule has 0 spiro atoms. The number of hydrogen-bond acceptors (Lipinski definition) is 4. The molecule has 0 fully saturated rings. The Labute approximate surface area is 181 Å². The molecule has 31 heavy (non-hydrogen) atoms. The van der Waals surface area contributed by atoms with Crippen molar-refractivity contribution in [3.05, 3.63) is 88.2 Å². The van der Waals surface area contributed by atoms with Gasteiger partial charge in [-0.2, -0.15) is 0 Å². The normalized spacial score (nSPS) is 10.9. The smallest absolute Gasteiger partial charge is 0.261 e. The number of hydrogen-bond donors (Lipinski definition) is 0. The fourth-order valence-corrected chi connectivity index (χ4v) is 3.55. The first-order valence-corrected chi connectivity index (χ1v) is 10.4. The van der Waals surface area contributed by atoms with Gasteiger partial charge in [0.15, 0.2) is 0 Å². The molecule has 5 heteroatoms. The van der Waals surface area contributed by atoms with Gasteiger partial charge in [-0.3, -0.25) is 9.36 Å². The zero-order valence-corrected chi connectivity index (χ0v) is 18.1. The van der Waals surface area contributed by atoms with E-state index in [1.165, 1.54) is 11.1 Å². The van der Waals surface area contributed by atoms with Crippen molar-refractivity contribution >= 4 is 10.9 Å². The molecule has 4 aromatic rings. The maximum absolute atomic E-state index is 13.2. The fraction of sp³-hybridized carbons (Fsp3) is 0.231. The van der Waals surface area contributed by atoms with E-state index < -0.39 is 0 Å². The van der Waals surface area contributed by atoms with E-state index >= 15 is 0 Å². The molecular weight excluding hydrogens is 388 g/mol. The monoisotopic (exact) mass is 414 g/mol. The van der Waals surface area contributed by atoms with Crippen LogP contribution in [-0.2, 0) is 6.54 Å². The number of methoxy groups -OCH3 is 1. The van der Waals surface area contributed by atoms with Crippen LogP contribution in [0.15, 0.2) is 71.5 Å². The van der Waals surface area contributed by atoms with Crippen LogP contribution >= 0.6 is 0 Å². The molecule has 158 valence electrons. The maximum atomic E-state index is 13.2. The summed E-state index contributed by atoms with van der Waals surface area (Å²) in [6, 6.07) is 21.2. The van der Waals surface area contributed by atoms with Gasteiger partial charge < -0.3 is 9.47 Å². The number of nitrogens with zero attached hydrogens (tertiary/aromatic N) is 2. The SMILES string of the molecule is COc1ccc(-c2nc3ccccc3c(=O)n2CCCOc2ccc(C)c(C)c2)cc1. The van der Waals surface area contributed by atoms with Crippen LogP contribution in [0.4, 0.5) is 0 Å². The predicted octanol–water partition coefficient (Wildman–Crippen LogP) is 5.16. The van der Waals surface area contributed by atoms with Gasteiger partial charge in [-0.1, -0.05) is 18.2 Å². The molecule has 0 atom stereocenters. The number of benzene rings is 3. The van der Waals surface area contributed by atoms with E-state index in [9.17, 15) is 4.79 Å². The molecule has 0 bridgehead atoms. The third-order valence-electron chi connectivity index (χ3n) is 5.48. The molecule has 5 nitrogen and oxygen atoms in total. The summed E-state index contributed by atoms with van der Waals surface area (Å²) in [4.78, 5) is 18.1. The summed E-state index contributed by atoms with van der Waals surface area (Å²) in [5.41, 5.74) is 3.97. The molecule has 0 aliphatic rings. The van der Waals surface area contributed by atoms with E-state index in [-0.39, 0.29) is 5.56 Å². The summed E-state index contributed by atoms with van der Waals surface area (Å²) in [7, 11) is 1.63. The molecule has 1 aromatic heterocycles. The average molecular weight is 415 g/mol. The zero-order valence-electron chi connectivity index (χ0n) is 18.1. The van der Waals surface area contributed by atoms with E-state index in [0.29, 0.717) is 36.3 Å². The molecule has 0 aliphatic heterocycles. The van der Waals surface area contributed by atoms with Gasteiger partial charge in [-0.15, -0.1) is 0 Å². The molecule has 0 amide bonds. The van der Waals surface area contributed by atoms with Gasteiger partial charge in [-0.25, -0.2) is 4.98 Å². The van der Waals surface area contributed by atoms with Crippen LogP contribution in [0.2, 0.25) is 0 Å². The zero-order chi connectivity index (χ0) is 21.8. The van der Waals surface area contributed by atoms with Crippen molar-refractivity contribution in [2.75, 3.05) is 13.7 Å². The molecule has 0 radical (unpaired) electrons. The van der Waals surface area contributed by atoms with Crippen molar-refractivity contribution in [1.29, 1.82) is 0 Å². The van der Waals surface area contributed by atoms with Gasteiger partial charge in [0, 0.05) is 12.1 Å². The molecule has 1 heterocycles. The van der Waals surface area contributed by atoms with Crippen LogP contribution in [0.3, 0.4) is 0 Å². The van der Waals surface area contributed by atoms with Crippen LogP contribution < -0.4 is 15.0 Å². The average Bonchev–Trinajstić information content (AvgIpc) is 2.80. The first-order valence-electron chi connectivity index (χ1n) is 10.4. The van der Waals surface area contributed by atoms with E-state index in [2.05, 4.69) is 19.9 Å². The van der Waals surface area contributed by atoms with Crippen molar-refractivity contribution in [3.63, 3.8) is 0 Å². The first-order chi connectivity index (χ1) is 15.1. The lowest BCUT2D eigenvalue weighted by atomic mass is 10.1. The maximum Gasteiger partial charge on any atom is 0.261 e. The Morgan fingerprint density at radius 2 is 1.65 bits per heavy atom. The lowest BCUT2D eigenvalue weighted by Gasteiger charge is -2.15. The van der Waals surface area contributed by atoms with Crippen LogP contribution in [0.1, 0.15) is 17.5 Å². The summed E-state index contributed by atoms with van der Waals surface area (Å²) in [5.74, 6) is 2.26. The highest BCUT2D eigenvalue weighted by atomic mass is 16.5. The van der Waals surface area contributed by atoms with Crippen molar-refractivity contribution in [3.8, 4) is 22.9 Å². The molecule has 0 unspecified atom stereocenters. The lowest BCUT2D eigenvalue weighted by Crippen LogP contribution is -2.24. The van der Waals surface area contributed by atoms with E-state index in [0.717, 1.165) is 17.1 Å². The quantitative estimate of drug-likeness (QED) is 0.392. The highest BCUT2D eigenvalue weighted by molar-refractivity contribution is 5.79. The number of rotatable bonds is 7. The number of aromatic nitrogens is 2. The summed E-state index contributed by atoms with van der Waals surface area (Å²) >= 11 is 0. The topological polar surface area (TPSA) is 53.3 Å². The summed E-state index contributed by atoms with van der Waals surface area (Å²) < 4.78 is 12.9. The van der Waals surface area contributed by atoms with E-state index in [1.807, 2.05) is 60.7 Å². The van der Waals surface area contributed by atoms with Crippen molar-refractivity contribution in [1.82, 2.24) is 9.55 Å². The Kier molecular flexibility index (Phi) is 6.03. The Hall–Kier alpha value is -3.60. The number of para-hydroxylation sites is 1. The van der Waals surface area contributed by atoms with E-state index in [4.69, 9.17) is 14.5 Å².